The highest BCUT2D eigenvalue weighted by atomic mass is 32.2. The number of thioether (sulfide) groups is 1. The molecular formula is C26H28F2N6O3S. The number of aryl methyl sites for hydroxylation is 1. The molecule has 1 atom stereocenters. The minimum Gasteiger partial charge on any atom is -0.493 e. The van der Waals surface area contributed by atoms with E-state index in [1.54, 1.807) is 41.4 Å². The first-order chi connectivity index (χ1) is 18.2. The van der Waals surface area contributed by atoms with E-state index >= 15 is 0 Å². The maximum Gasteiger partial charge on any atom is 0.282 e. The Balaban J connectivity index is 1.28. The molecule has 0 bridgehead atoms. The van der Waals surface area contributed by atoms with Crippen LogP contribution in [0.2, 0.25) is 0 Å². The number of ether oxygens (including phenoxy) is 1. The van der Waals surface area contributed by atoms with Crippen LogP contribution in [0.4, 0.5) is 20.3 Å². The maximum absolute atomic E-state index is 13.2. The van der Waals surface area contributed by atoms with Crippen LogP contribution in [-0.2, 0) is 11.2 Å². The molecule has 38 heavy (non-hydrogen) atoms. The van der Waals surface area contributed by atoms with Gasteiger partial charge in [-0.1, -0.05) is 12.1 Å². The van der Waals surface area contributed by atoms with Gasteiger partial charge in [-0.05, 0) is 36.9 Å². The molecular weight excluding hydrogens is 514 g/mol. The molecule has 0 saturated carbocycles. The molecule has 0 radical (unpaired) electrons. The van der Waals surface area contributed by atoms with Gasteiger partial charge in [0.2, 0.25) is 5.91 Å². The Morgan fingerprint density at radius 1 is 1.29 bits per heavy atom. The van der Waals surface area contributed by atoms with Gasteiger partial charge in [0.15, 0.2) is 11.6 Å². The average Bonchev–Trinajstić information content (AvgIpc) is 3.21. The van der Waals surface area contributed by atoms with Gasteiger partial charge >= 0.3 is 0 Å². The Bertz CT molecular complexity index is 1340. The molecule has 1 fully saturated rings. The molecule has 2 aliphatic heterocycles. The summed E-state index contributed by atoms with van der Waals surface area (Å²) in [6, 6.07) is 10.5. The van der Waals surface area contributed by atoms with Crippen molar-refractivity contribution in [3.63, 3.8) is 0 Å². The summed E-state index contributed by atoms with van der Waals surface area (Å²) >= 11 is 1.38. The molecule has 2 amide bonds. The Hall–Kier alpha value is -3.67. The number of amides is 2. The molecule has 0 aliphatic carbocycles. The molecule has 1 unspecified atom stereocenters. The van der Waals surface area contributed by atoms with Crippen molar-refractivity contribution in [3.8, 4) is 11.6 Å². The molecule has 5 rings (SSSR count). The standard InChI is InChI=1S/C26H28F2N6O3S/c1-16-6-7-21(29-12-16)34-24(31-22(35)13-38-2)23-20(32-34)10-17(30-25(23)36)8-9-37-19-5-3-4-18(11-19)33-14-26(27,28)15-33/h3-7,11-12,17H,8-10,13-15H2,1-2H3,(H,30,36)(H,31,35). The minimum absolute atomic E-state index is 0.226. The summed E-state index contributed by atoms with van der Waals surface area (Å²) < 4.78 is 33.8. The van der Waals surface area contributed by atoms with Crippen LogP contribution in [0, 0.1) is 6.92 Å². The summed E-state index contributed by atoms with van der Waals surface area (Å²) in [5, 5.41) is 10.5. The van der Waals surface area contributed by atoms with Gasteiger partial charge in [-0.2, -0.15) is 21.5 Å². The van der Waals surface area contributed by atoms with Crippen molar-refractivity contribution in [1.82, 2.24) is 20.1 Å². The summed E-state index contributed by atoms with van der Waals surface area (Å²) in [5.41, 5.74) is 2.57. The predicted octanol–water partition coefficient (Wildman–Crippen LogP) is 3.46. The van der Waals surface area contributed by atoms with Gasteiger partial charge in [0.05, 0.1) is 31.1 Å². The van der Waals surface area contributed by atoms with E-state index in [0.29, 0.717) is 53.8 Å². The molecule has 3 aromatic rings. The highest BCUT2D eigenvalue weighted by molar-refractivity contribution is 7.99. The van der Waals surface area contributed by atoms with Crippen molar-refractivity contribution >= 4 is 35.1 Å². The van der Waals surface area contributed by atoms with Crippen LogP contribution in [0.3, 0.4) is 0 Å². The Labute approximate surface area is 222 Å². The number of aromatic nitrogens is 3. The number of hydrogen-bond donors (Lipinski definition) is 2. The van der Waals surface area contributed by atoms with E-state index in [2.05, 4.69) is 20.7 Å². The van der Waals surface area contributed by atoms with E-state index in [1.807, 2.05) is 19.2 Å². The van der Waals surface area contributed by atoms with Crippen LogP contribution in [0.5, 0.6) is 5.75 Å². The van der Waals surface area contributed by atoms with Crippen molar-refractivity contribution in [2.24, 2.45) is 0 Å². The van der Waals surface area contributed by atoms with E-state index in [0.717, 1.165) is 5.56 Å². The molecule has 9 nitrogen and oxygen atoms in total. The lowest BCUT2D eigenvalue weighted by Crippen LogP contribution is -2.56. The third kappa shape index (κ3) is 5.59. The first-order valence-corrected chi connectivity index (χ1v) is 13.6. The van der Waals surface area contributed by atoms with Crippen molar-refractivity contribution in [3.05, 3.63) is 59.4 Å². The summed E-state index contributed by atoms with van der Waals surface area (Å²) in [6.45, 7) is 1.65. The normalized spacial score (nSPS) is 17.8. The van der Waals surface area contributed by atoms with Gasteiger partial charge in [-0.25, -0.2) is 13.8 Å². The number of benzene rings is 1. The third-order valence-corrected chi connectivity index (χ3v) is 6.92. The van der Waals surface area contributed by atoms with Crippen LogP contribution in [-0.4, -0.2) is 70.2 Å². The smallest absolute Gasteiger partial charge is 0.282 e. The first kappa shape index (κ1) is 26.0. The minimum atomic E-state index is -2.64. The number of pyridine rings is 1. The monoisotopic (exact) mass is 542 g/mol. The molecule has 200 valence electrons. The second-order valence-electron chi connectivity index (χ2n) is 9.48. The van der Waals surface area contributed by atoms with Crippen molar-refractivity contribution < 1.29 is 23.1 Å². The quantitative estimate of drug-likeness (QED) is 0.427. The number of carbonyl (C=O) groups is 2. The average molecular weight is 543 g/mol. The molecule has 1 aromatic carbocycles. The molecule has 2 N–H and O–H groups in total. The lowest BCUT2D eigenvalue weighted by atomic mass is 9.99. The topological polar surface area (TPSA) is 101 Å². The Kier molecular flexibility index (Phi) is 7.24. The second-order valence-corrected chi connectivity index (χ2v) is 10.3. The first-order valence-electron chi connectivity index (χ1n) is 12.2. The van der Waals surface area contributed by atoms with E-state index in [4.69, 9.17) is 4.74 Å². The maximum atomic E-state index is 13.2. The third-order valence-electron chi connectivity index (χ3n) is 6.37. The van der Waals surface area contributed by atoms with Gasteiger partial charge in [-0.15, -0.1) is 0 Å². The molecule has 2 aromatic heterocycles. The zero-order chi connectivity index (χ0) is 26.9. The number of nitrogens with zero attached hydrogens (tertiary/aromatic N) is 4. The van der Waals surface area contributed by atoms with Crippen molar-refractivity contribution in [2.75, 3.05) is 41.9 Å². The van der Waals surface area contributed by atoms with Crippen LogP contribution in [0.25, 0.3) is 5.82 Å². The van der Waals surface area contributed by atoms with Crippen molar-refractivity contribution in [1.29, 1.82) is 0 Å². The zero-order valence-corrected chi connectivity index (χ0v) is 21.9. The fraction of sp³-hybridized carbons (Fsp3) is 0.385. The number of halogens is 2. The number of anilines is 2. The van der Waals surface area contributed by atoms with Gasteiger partial charge in [0.25, 0.3) is 11.8 Å². The number of rotatable bonds is 9. The van der Waals surface area contributed by atoms with Crippen molar-refractivity contribution in [2.45, 2.75) is 31.7 Å². The van der Waals surface area contributed by atoms with Crippen LogP contribution in [0.1, 0.15) is 28.0 Å². The molecule has 0 spiro atoms. The number of hydrogen-bond acceptors (Lipinski definition) is 7. The lowest BCUT2D eigenvalue weighted by molar-refractivity contribution is -0.113. The number of carbonyl (C=O) groups excluding carboxylic acids is 2. The fourth-order valence-corrected chi connectivity index (χ4v) is 4.84. The second kappa shape index (κ2) is 10.6. The largest absolute Gasteiger partial charge is 0.493 e. The fourth-order valence-electron chi connectivity index (χ4n) is 4.51. The lowest BCUT2D eigenvalue weighted by Gasteiger charge is -2.40. The Morgan fingerprint density at radius 3 is 2.82 bits per heavy atom. The molecule has 12 heteroatoms. The molecule has 1 saturated heterocycles. The Morgan fingerprint density at radius 2 is 2.11 bits per heavy atom. The van der Waals surface area contributed by atoms with Crippen LogP contribution >= 0.6 is 11.8 Å². The number of nitrogens with one attached hydrogen (secondary N) is 2. The summed E-state index contributed by atoms with van der Waals surface area (Å²) in [5.74, 6) is -1.59. The predicted molar refractivity (Wildman–Crippen MR) is 142 cm³/mol. The van der Waals surface area contributed by atoms with Gasteiger partial charge in [0, 0.05) is 36.8 Å². The van der Waals surface area contributed by atoms with E-state index < -0.39 is 5.92 Å². The highest BCUT2D eigenvalue weighted by Gasteiger charge is 2.44. The van der Waals surface area contributed by atoms with Gasteiger partial charge in [0.1, 0.15) is 11.3 Å². The summed E-state index contributed by atoms with van der Waals surface area (Å²) in [7, 11) is 0. The van der Waals surface area contributed by atoms with Crippen LogP contribution in [0.15, 0.2) is 42.6 Å². The van der Waals surface area contributed by atoms with Gasteiger partial charge < -0.3 is 20.3 Å². The molecule has 4 heterocycles. The number of alkyl halides is 2. The van der Waals surface area contributed by atoms with Gasteiger partial charge in [-0.3, -0.25) is 9.59 Å². The SMILES string of the molecule is CSCC(=O)Nc1c2c(nn1-c1ccc(C)cn1)CC(CCOc1cccc(N3CC(F)(F)C3)c1)NC2=O. The van der Waals surface area contributed by atoms with E-state index in [9.17, 15) is 18.4 Å². The summed E-state index contributed by atoms with van der Waals surface area (Å²) in [4.78, 5) is 31.6. The number of fused-ring (bicyclic) bond motifs is 1. The molecule has 2 aliphatic rings. The summed E-state index contributed by atoms with van der Waals surface area (Å²) in [6.07, 6.45) is 4.50. The van der Waals surface area contributed by atoms with E-state index in [1.165, 1.54) is 16.4 Å². The highest BCUT2D eigenvalue weighted by Crippen LogP contribution is 2.33. The zero-order valence-electron chi connectivity index (χ0n) is 21.0. The van der Waals surface area contributed by atoms with Crippen LogP contribution < -0.4 is 20.3 Å². The van der Waals surface area contributed by atoms with E-state index in [-0.39, 0.29) is 36.7 Å².